The summed E-state index contributed by atoms with van der Waals surface area (Å²) in [6.07, 6.45) is -4.25. The summed E-state index contributed by atoms with van der Waals surface area (Å²) in [6.45, 7) is 3.07. The lowest BCUT2D eigenvalue weighted by Gasteiger charge is -2.10. The summed E-state index contributed by atoms with van der Waals surface area (Å²) in [4.78, 5) is 0. The predicted molar refractivity (Wildman–Crippen MR) is 39.8 cm³/mol. The van der Waals surface area contributed by atoms with Crippen LogP contribution in [0, 0.1) is 19.9 Å². The monoisotopic (exact) mass is 173 g/mol. The highest BCUT2D eigenvalue weighted by atomic mass is 19.4. The Morgan fingerprint density at radius 2 is 1.83 bits per heavy atom. The Bertz CT molecular complexity index is 286. The van der Waals surface area contributed by atoms with Gasteiger partial charge in [-0.3, -0.25) is 0 Å². The van der Waals surface area contributed by atoms with Crippen molar-refractivity contribution in [2.75, 3.05) is 0 Å². The first-order valence-corrected chi connectivity index (χ1v) is 3.48. The molecule has 0 aliphatic carbocycles. The standard InChI is InChI=1S/C9H8F3/c1-6-4-3-5-8(7(6)2)9(10,11)12/h3,5H,1-2H3. The lowest BCUT2D eigenvalue weighted by Crippen LogP contribution is -2.07. The largest absolute Gasteiger partial charge is 0.416 e. The van der Waals surface area contributed by atoms with E-state index in [0.29, 0.717) is 5.56 Å². The van der Waals surface area contributed by atoms with Crippen LogP contribution < -0.4 is 0 Å². The quantitative estimate of drug-likeness (QED) is 0.565. The fourth-order valence-electron chi connectivity index (χ4n) is 0.992. The molecular weight excluding hydrogens is 165 g/mol. The summed E-state index contributed by atoms with van der Waals surface area (Å²) < 4.78 is 36.6. The molecule has 1 rings (SSSR count). The van der Waals surface area contributed by atoms with Gasteiger partial charge >= 0.3 is 6.18 Å². The summed E-state index contributed by atoms with van der Waals surface area (Å²) in [5.41, 5.74) is 0.230. The van der Waals surface area contributed by atoms with Crippen LogP contribution in [-0.2, 0) is 6.18 Å². The molecule has 65 valence electrons. The summed E-state index contributed by atoms with van der Waals surface area (Å²) in [5.74, 6) is 0. The average molecular weight is 173 g/mol. The Balaban J connectivity index is 3.26. The SMILES string of the molecule is Cc1[c]ccc(C(F)(F)F)c1C. The van der Waals surface area contributed by atoms with E-state index in [-0.39, 0.29) is 5.56 Å². The van der Waals surface area contributed by atoms with Gasteiger partial charge in [0.2, 0.25) is 0 Å². The van der Waals surface area contributed by atoms with Crippen LogP contribution in [0.2, 0.25) is 0 Å². The lowest BCUT2D eigenvalue weighted by molar-refractivity contribution is -0.138. The van der Waals surface area contributed by atoms with Gasteiger partial charge in [-0.1, -0.05) is 6.07 Å². The summed E-state index contributed by atoms with van der Waals surface area (Å²) in [5, 5.41) is 0. The van der Waals surface area contributed by atoms with Crippen molar-refractivity contribution in [3.8, 4) is 0 Å². The minimum absolute atomic E-state index is 0.255. The van der Waals surface area contributed by atoms with E-state index in [1.54, 1.807) is 6.92 Å². The summed E-state index contributed by atoms with van der Waals surface area (Å²) >= 11 is 0. The van der Waals surface area contributed by atoms with Crippen LogP contribution in [0.3, 0.4) is 0 Å². The van der Waals surface area contributed by atoms with Gasteiger partial charge in [-0.2, -0.15) is 13.2 Å². The van der Waals surface area contributed by atoms with Crippen LogP contribution in [0.25, 0.3) is 0 Å². The Labute approximate surface area is 69.0 Å². The van der Waals surface area contributed by atoms with E-state index in [9.17, 15) is 13.2 Å². The van der Waals surface area contributed by atoms with Crippen molar-refractivity contribution in [1.82, 2.24) is 0 Å². The maximum Gasteiger partial charge on any atom is 0.416 e. The molecule has 0 spiro atoms. The van der Waals surface area contributed by atoms with Crippen molar-refractivity contribution in [1.29, 1.82) is 0 Å². The number of halogens is 3. The Morgan fingerprint density at radius 1 is 1.25 bits per heavy atom. The molecule has 0 N–H and O–H groups in total. The van der Waals surface area contributed by atoms with Crippen LogP contribution in [-0.4, -0.2) is 0 Å². The van der Waals surface area contributed by atoms with E-state index in [4.69, 9.17) is 0 Å². The van der Waals surface area contributed by atoms with E-state index in [0.717, 1.165) is 6.07 Å². The van der Waals surface area contributed by atoms with Crippen LogP contribution in [0.1, 0.15) is 16.7 Å². The number of rotatable bonds is 0. The molecule has 0 atom stereocenters. The van der Waals surface area contributed by atoms with Crippen LogP contribution in [0.15, 0.2) is 12.1 Å². The van der Waals surface area contributed by atoms with Gasteiger partial charge in [0.25, 0.3) is 0 Å². The van der Waals surface area contributed by atoms with Crippen molar-refractivity contribution in [2.24, 2.45) is 0 Å². The second-order valence-corrected chi connectivity index (χ2v) is 2.64. The van der Waals surface area contributed by atoms with E-state index in [1.807, 2.05) is 0 Å². The number of alkyl halides is 3. The van der Waals surface area contributed by atoms with E-state index in [2.05, 4.69) is 6.07 Å². The molecule has 0 aliphatic heterocycles. The molecule has 1 radical (unpaired) electrons. The number of hydrogen-bond donors (Lipinski definition) is 0. The number of hydrogen-bond acceptors (Lipinski definition) is 0. The molecule has 0 aliphatic rings. The first kappa shape index (κ1) is 9.10. The zero-order chi connectivity index (χ0) is 9.35. The maximum atomic E-state index is 12.2. The average Bonchev–Trinajstić information content (AvgIpc) is 1.92. The minimum Gasteiger partial charge on any atom is -0.166 e. The molecule has 0 aromatic heterocycles. The highest BCUT2D eigenvalue weighted by molar-refractivity contribution is 5.34. The molecule has 1 aromatic rings. The predicted octanol–water partition coefficient (Wildman–Crippen LogP) is 3.12. The molecule has 0 saturated carbocycles. The molecule has 0 unspecified atom stereocenters. The fourth-order valence-corrected chi connectivity index (χ4v) is 0.992. The van der Waals surface area contributed by atoms with Gasteiger partial charge in [0.1, 0.15) is 0 Å². The second kappa shape index (κ2) is 2.81. The number of aryl methyl sites for hydroxylation is 1. The normalized spacial score (nSPS) is 11.8. The van der Waals surface area contributed by atoms with Crippen molar-refractivity contribution < 1.29 is 13.2 Å². The Morgan fingerprint density at radius 3 is 2.25 bits per heavy atom. The lowest BCUT2D eigenvalue weighted by atomic mass is 10.0. The molecule has 0 amide bonds. The van der Waals surface area contributed by atoms with Crippen molar-refractivity contribution >= 4 is 0 Å². The van der Waals surface area contributed by atoms with Crippen molar-refractivity contribution in [3.63, 3.8) is 0 Å². The van der Waals surface area contributed by atoms with Crippen LogP contribution in [0.5, 0.6) is 0 Å². The highest BCUT2D eigenvalue weighted by Gasteiger charge is 2.32. The van der Waals surface area contributed by atoms with Gasteiger partial charge in [0.15, 0.2) is 0 Å². The van der Waals surface area contributed by atoms with E-state index in [1.165, 1.54) is 13.0 Å². The third-order valence-corrected chi connectivity index (χ3v) is 1.82. The number of benzene rings is 1. The molecule has 0 fully saturated rings. The fraction of sp³-hybridized carbons (Fsp3) is 0.333. The summed E-state index contributed by atoms with van der Waals surface area (Å²) in [7, 11) is 0. The van der Waals surface area contributed by atoms with Gasteiger partial charge in [0, 0.05) is 0 Å². The molecule has 0 saturated heterocycles. The third-order valence-electron chi connectivity index (χ3n) is 1.82. The van der Waals surface area contributed by atoms with Crippen molar-refractivity contribution in [3.05, 3.63) is 34.9 Å². The van der Waals surface area contributed by atoms with Crippen LogP contribution >= 0.6 is 0 Å². The zero-order valence-electron chi connectivity index (χ0n) is 6.79. The van der Waals surface area contributed by atoms with E-state index >= 15 is 0 Å². The molecule has 0 heterocycles. The topological polar surface area (TPSA) is 0 Å². The van der Waals surface area contributed by atoms with E-state index < -0.39 is 11.7 Å². The van der Waals surface area contributed by atoms with Gasteiger partial charge in [-0.15, -0.1) is 0 Å². The van der Waals surface area contributed by atoms with Gasteiger partial charge in [-0.05, 0) is 37.1 Å². The Kier molecular flexibility index (Phi) is 2.13. The van der Waals surface area contributed by atoms with Gasteiger partial charge in [-0.25, -0.2) is 0 Å². The molecule has 0 bridgehead atoms. The minimum atomic E-state index is -4.25. The van der Waals surface area contributed by atoms with Crippen molar-refractivity contribution in [2.45, 2.75) is 20.0 Å². The molecule has 0 nitrogen and oxygen atoms in total. The third kappa shape index (κ3) is 1.60. The summed E-state index contributed by atoms with van der Waals surface area (Å²) in [6, 6.07) is 5.05. The second-order valence-electron chi connectivity index (χ2n) is 2.64. The molecular formula is C9H8F3. The maximum absolute atomic E-state index is 12.2. The first-order valence-electron chi connectivity index (χ1n) is 3.48. The van der Waals surface area contributed by atoms with Gasteiger partial charge < -0.3 is 0 Å². The molecule has 1 aromatic carbocycles. The van der Waals surface area contributed by atoms with Crippen LogP contribution in [0.4, 0.5) is 13.2 Å². The smallest absolute Gasteiger partial charge is 0.166 e. The van der Waals surface area contributed by atoms with Gasteiger partial charge in [0.05, 0.1) is 5.56 Å². The Hall–Kier alpha value is -0.990. The first-order chi connectivity index (χ1) is 5.43. The molecule has 12 heavy (non-hydrogen) atoms. The molecule has 3 heteroatoms. The zero-order valence-corrected chi connectivity index (χ0v) is 6.79. The highest BCUT2D eigenvalue weighted by Crippen LogP contribution is 2.32.